The number of hydrogen-bond acceptors (Lipinski definition) is 3. The summed E-state index contributed by atoms with van der Waals surface area (Å²) in [7, 11) is 0. The molecule has 2 N–H and O–H groups in total. The van der Waals surface area contributed by atoms with E-state index < -0.39 is 11.9 Å². The Bertz CT molecular complexity index is 1150. The molecular weight excluding hydrogens is 462 g/mol. The predicted molar refractivity (Wildman–Crippen MR) is 120 cm³/mol. The van der Waals surface area contributed by atoms with Crippen LogP contribution in [0.4, 0.5) is 18.9 Å². The van der Waals surface area contributed by atoms with Crippen LogP contribution in [0.5, 0.6) is 0 Å². The van der Waals surface area contributed by atoms with Crippen LogP contribution in [0.1, 0.15) is 41.7 Å². The molecule has 0 bridgehead atoms. The number of carbonyl (C=O) groups excluding carboxylic acids is 1. The number of pyridine rings is 1. The monoisotopic (exact) mass is 481 g/mol. The summed E-state index contributed by atoms with van der Waals surface area (Å²) in [5, 5.41) is 7.54. The second-order valence-electron chi connectivity index (χ2n) is 7.87. The minimum atomic E-state index is -4.57. The zero-order valence-corrected chi connectivity index (χ0v) is 18.4. The Morgan fingerprint density at radius 2 is 1.78 bits per heavy atom. The standard InChI is InChI=1S/C23H20Cl2F3N3O/c24-13-8-9-19-17(10-13)20(12-21(31-19)23(26,27)28)29-14-4-3-5-15(11-14)30-22(32)16-6-1-2-7-18(16)25/h1-2,6-10,12,14-15H,3-5,11H2,(H,29,31)(H,30,32)/t14-,15+/m0/s1. The van der Waals surface area contributed by atoms with Crippen LogP contribution in [0.15, 0.2) is 48.5 Å². The Kier molecular flexibility index (Phi) is 6.49. The summed E-state index contributed by atoms with van der Waals surface area (Å²) < 4.78 is 40.1. The van der Waals surface area contributed by atoms with Crippen LogP contribution >= 0.6 is 23.2 Å². The number of nitrogens with one attached hydrogen (secondary N) is 2. The summed E-state index contributed by atoms with van der Waals surface area (Å²) in [5.74, 6) is -0.262. The minimum absolute atomic E-state index is 0.119. The molecule has 1 heterocycles. The van der Waals surface area contributed by atoms with Crippen molar-refractivity contribution in [3.63, 3.8) is 0 Å². The molecular formula is C23H20Cl2F3N3O. The SMILES string of the molecule is O=C(N[C@@H]1CCC[C@H](Nc2cc(C(F)(F)F)nc3ccc(Cl)cc23)C1)c1ccccc1Cl. The first kappa shape index (κ1) is 22.7. The van der Waals surface area contributed by atoms with E-state index >= 15 is 0 Å². The second kappa shape index (κ2) is 9.16. The Morgan fingerprint density at radius 3 is 2.53 bits per heavy atom. The fourth-order valence-corrected chi connectivity index (χ4v) is 4.44. The van der Waals surface area contributed by atoms with Crippen molar-refractivity contribution >= 4 is 45.7 Å². The van der Waals surface area contributed by atoms with Gasteiger partial charge in [-0.2, -0.15) is 13.2 Å². The van der Waals surface area contributed by atoms with Crippen LogP contribution in [0.2, 0.25) is 10.0 Å². The van der Waals surface area contributed by atoms with E-state index in [-0.39, 0.29) is 23.5 Å². The Hall–Kier alpha value is -2.51. The predicted octanol–water partition coefficient (Wildman–Crippen LogP) is 6.71. The third-order valence-corrected chi connectivity index (χ3v) is 6.11. The van der Waals surface area contributed by atoms with Crippen molar-refractivity contribution in [2.45, 2.75) is 43.9 Å². The minimum Gasteiger partial charge on any atom is -0.382 e. The molecule has 0 saturated heterocycles. The lowest BCUT2D eigenvalue weighted by molar-refractivity contribution is -0.140. The lowest BCUT2D eigenvalue weighted by Gasteiger charge is -2.31. The number of rotatable bonds is 4. The summed E-state index contributed by atoms with van der Waals surface area (Å²) in [5.41, 5.74) is -0.0259. The van der Waals surface area contributed by atoms with Crippen molar-refractivity contribution in [2.75, 3.05) is 5.32 Å². The number of amides is 1. The van der Waals surface area contributed by atoms with Gasteiger partial charge in [0.1, 0.15) is 5.69 Å². The molecule has 2 atom stereocenters. The number of hydrogen-bond donors (Lipinski definition) is 2. The summed E-state index contributed by atoms with van der Waals surface area (Å²) in [6.07, 6.45) is -1.62. The summed E-state index contributed by atoms with van der Waals surface area (Å²) in [6, 6.07) is 12.2. The largest absolute Gasteiger partial charge is 0.433 e. The van der Waals surface area contributed by atoms with Gasteiger partial charge in [-0.05, 0) is 62.1 Å². The number of alkyl halides is 3. The van der Waals surface area contributed by atoms with E-state index in [4.69, 9.17) is 23.2 Å². The third-order valence-electron chi connectivity index (χ3n) is 5.55. The van der Waals surface area contributed by atoms with Crippen molar-refractivity contribution in [1.29, 1.82) is 0 Å². The molecule has 0 spiro atoms. The molecule has 4 rings (SSSR count). The van der Waals surface area contributed by atoms with E-state index in [1.807, 2.05) is 0 Å². The van der Waals surface area contributed by atoms with E-state index in [0.29, 0.717) is 33.1 Å². The van der Waals surface area contributed by atoms with Crippen LogP contribution < -0.4 is 10.6 Å². The number of anilines is 1. The maximum atomic E-state index is 13.4. The molecule has 1 aliphatic rings. The van der Waals surface area contributed by atoms with Gasteiger partial charge in [0.15, 0.2) is 0 Å². The van der Waals surface area contributed by atoms with Crippen LogP contribution in [0.25, 0.3) is 10.9 Å². The molecule has 32 heavy (non-hydrogen) atoms. The molecule has 0 unspecified atom stereocenters. The van der Waals surface area contributed by atoms with E-state index in [1.54, 1.807) is 30.3 Å². The van der Waals surface area contributed by atoms with Gasteiger partial charge >= 0.3 is 6.18 Å². The number of aromatic nitrogens is 1. The highest BCUT2D eigenvalue weighted by Crippen LogP contribution is 2.35. The van der Waals surface area contributed by atoms with Gasteiger partial charge in [-0.25, -0.2) is 4.98 Å². The Labute approximate surface area is 193 Å². The van der Waals surface area contributed by atoms with E-state index in [2.05, 4.69) is 15.6 Å². The molecule has 1 fully saturated rings. The van der Waals surface area contributed by atoms with Crippen molar-refractivity contribution in [3.8, 4) is 0 Å². The van der Waals surface area contributed by atoms with Gasteiger partial charge in [-0.1, -0.05) is 35.3 Å². The van der Waals surface area contributed by atoms with Gasteiger partial charge in [0.25, 0.3) is 5.91 Å². The smallest absolute Gasteiger partial charge is 0.382 e. The molecule has 0 radical (unpaired) electrons. The number of halogens is 5. The topological polar surface area (TPSA) is 54.0 Å². The fourth-order valence-electron chi connectivity index (χ4n) is 4.04. The third kappa shape index (κ3) is 5.10. The van der Waals surface area contributed by atoms with Gasteiger partial charge in [0, 0.05) is 28.2 Å². The first-order valence-electron chi connectivity index (χ1n) is 10.2. The average Bonchev–Trinajstić information content (AvgIpc) is 2.74. The number of nitrogens with zero attached hydrogens (tertiary/aromatic N) is 1. The average molecular weight is 482 g/mol. The van der Waals surface area contributed by atoms with Gasteiger partial charge in [0.05, 0.1) is 16.1 Å². The maximum Gasteiger partial charge on any atom is 0.433 e. The fraction of sp³-hybridized carbons (Fsp3) is 0.304. The Morgan fingerprint density at radius 1 is 1.03 bits per heavy atom. The molecule has 1 aliphatic carbocycles. The quantitative estimate of drug-likeness (QED) is 0.435. The highest BCUT2D eigenvalue weighted by atomic mass is 35.5. The molecule has 2 aromatic carbocycles. The van der Waals surface area contributed by atoms with Crippen LogP contribution in [-0.2, 0) is 6.18 Å². The summed E-state index contributed by atoms with van der Waals surface area (Å²) in [4.78, 5) is 16.3. The molecule has 4 nitrogen and oxygen atoms in total. The molecule has 1 saturated carbocycles. The van der Waals surface area contributed by atoms with Gasteiger partial charge in [-0.3, -0.25) is 4.79 Å². The maximum absolute atomic E-state index is 13.4. The van der Waals surface area contributed by atoms with Crippen LogP contribution in [0, 0.1) is 0 Å². The highest BCUT2D eigenvalue weighted by molar-refractivity contribution is 6.33. The first-order chi connectivity index (χ1) is 15.2. The Balaban J connectivity index is 1.54. The summed E-state index contributed by atoms with van der Waals surface area (Å²) in [6.45, 7) is 0. The van der Waals surface area contributed by atoms with Crippen LogP contribution in [0.3, 0.4) is 0 Å². The molecule has 168 valence electrons. The van der Waals surface area contributed by atoms with Gasteiger partial charge in [-0.15, -0.1) is 0 Å². The zero-order chi connectivity index (χ0) is 22.9. The normalized spacial score (nSPS) is 19.0. The van der Waals surface area contributed by atoms with Crippen molar-refractivity contribution in [3.05, 3.63) is 69.8 Å². The lowest BCUT2D eigenvalue weighted by atomic mass is 9.90. The van der Waals surface area contributed by atoms with Gasteiger partial charge < -0.3 is 10.6 Å². The molecule has 3 aromatic rings. The molecule has 0 aliphatic heterocycles. The van der Waals surface area contributed by atoms with E-state index in [9.17, 15) is 18.0 Å². The van der Waals surface area contributed by atoms with Crippen molar-refractivity contribution < 1.29 is 18.0 Å². The number of fused-ring (bicyclic) bond motifs is 1. The second-order valence-corrected chi connectivity index (χ2v) is 8.72. The molecule has 1 amide bonds. The number of benzene rings is 2. The first-order valence-corrected chi connectivity index (χ1v) is 11.0. The van der Waals surface area contributed by atoms with Gasteiger partial charge in [0.2, 0.25) is 0 Å². The number of carbonyl (C=O) groups is 1. The lowest BCUT2D eigenvalue weighted by Crippen LogP contribution is -2.42. The van der Waals surface area contributed by atoms with E-state index in [1.165, 1.54) is 12.1 Å². The summed E-state index contributed by atoms with van der Waals surface area (Å²) >= 11 is 12.2. The van der Waals surface area contributed by atoms with Crippen molar-refractivity contribution in [2.24, 2.45) is 0 Å². The highest BCUT2D eigenvalue weighted by Gasteiger charge is 2.34. The van der Waals surface area contributed by atoms with Crippen molar-refractivity contribution in [1.82, 2.24) is 10.3 Å². The van der Waals surface area contributed by atoms with E-state index in [0.717, 1.165) is 25.3 Å². The molecule has 9 heteroatoms. The molecule has 1 aromatic heterocycles. The van der Waals surface area contributed by atoms with Crippen LogP contribution in [-0.4, -0.2) is 23.0 Å². The zero-order valence-electron chi connectivity index (χ0n) is 16.8.